The van der Waals surface area contributed by atoms with E-state index >= 15 is 0 Å². The summed E-state index contributed by atoms with van der Waals surface area (Å²) in [6.45, 7) is 6.50. The molecule has 110 valence electrons. The Hall–Kier alpha value is -0.570. The normalized spacial score (nSPS) is 32.8. The van der Waals surface area contributed by atoms with Crippen molar-refractivity contribution in [2.45, 2.75) is 45.6 Å². The maximum absolute atomic E-state index is 11.2. The fourth-order valence-electron chi connectivity index (χ4n) is 2.77. The Balaban J connectivity index is 2.70. The van der Waals surface area contributed by atoms with Crippen molar-refractivity contribution in [3.63, 3.8) is 0 Å². The van der Waals surface area contributed by atoms with Crippen LogP contribution in [0.25, 0.3) is 0 Å². The van der Waals surface area contributed by atoms with E-state index in [2.05, 4.69) is 24.5 Å². The molecule has 1 aliphatic rings. The van der Waals surface area contributed by atoms with Gasteiger partial charge in [-0.15, -0.1) is 6.42 Å². The van der Waals surface area contributed by atoms with Crippen LogP contribution >= 0.6 is 0 Å². The van der Waals surface area contributed by atoms with E-state index in [9.17, 15) is 13.5 Å². The lowest BCUT2D eigenvalue weighted by Gasteiger charge is -2.44. The molecule has 0 bridgehead atoms. The maximum atomic E-state index is 11.2. The third-order valence-corrected chi connectivity index (χ3v) is 5.14. The predicted molar refractivity (Wildman–Crippen MR) is 76.9 cm³/mol. The highest BCUT2D eigenvalue weighted by Crippen LogP contribution is 2.44. The van der Waals surface area contributed by atoms with Gasteiger partial charge < -0.3 is 5.11 Å². The van der Waals surface area contributed by atoms with Crippen molar-refractivity contribution in [2.75, 3.05) is 12.8 Å². The smallest absolute Gasteiger partial charge is 0.208 e. The Morgan fingerprint density at radius 2 is 2.11 bits per heavy atom. The molecule has 0 aromatic carbocycles. The lowest BCUT2D eigenvalue weighted by atomic mass is 9.64. The predicted octanol–water partition coefficient (Wildman–Crippen LogP) is 1.36. The first kappa shape index (κ1) is 16.5. The van der Waals surface area contributed by atoms with Crippen LogP contribution in [0.3, 0.4) is 0 Å². The zero-order valence-corrected chi connectivity index (χ0v) is 13.0. The zero-order valence-electron chi connectivity index (χ0n) is 12.2. The molecule has 1 saturated carbocycles. The van der Waals surface area contributed by atoms with E-state index in [1.54, 1.807) is 0 Å². The molecule has 5 heteroatoms. The molecular weight excluding hydrogens is 262 g/mol. The average molecular weight is 287 g/mol. The molecule has 3 atom stereocenters. The second kappa shape index (κ2) is 5.43. The quantitative estimate of drug-likeness (QED) is 0.767. The Bertz CT molecular complexity index is 464. The Morgan fingerprint density at radius 3 is 2.53 bits per heavy atom. The molecule has 0 aromatic rings. The molecule has 3 unspecified atom stereocenters. The summed E-state index contributed by atoms with van der Waals surface area (Å²) in [6, 6.07) is 0. The van der Waals surface area contributed by atoms with Crippen molar-refractivity contribution in [2.24, 2.45) is 17.3 Å². The van der Waals surface area contributed by atoms with Gasteiger partial charge in [0, 0.05) is 6.54 Å². The Kier molecular flexibility index (Phi) is 4.71. The monoisotopic (exact) mass is 287 g/mol. The van der Waals surface area contributed by atoms with Crippen molar-refractivity contribution in [1.29, 1.82) is 0 Å². The summed E-state index contributed by atoms with van der Waals surface area (Å²) >= 11 is 0. The van der Waals surface area contributed by atoms with Crippen LogP contribution in [0.5, 0.6) is 0 Å². The highest BCUT2D eigenvalue weighted by Gasteiger charge is 2.42. The molecule has 1 fully saturated rings. The number of hydrogen-bond acceptors (Lipinski definition) is 3. The molecule has 0 spiro atoms. The lowest BCUT2D eigenvalue weighted by molar-refractivity contribution is -0.0264. The maximum Gasteiger partial charge on any atom is 0.208 e. The molecule has 0 saturated heterocycles. The SMILES string of the molecule is C#CC1(O)CCC(C(C)(C)CNS(C)(=O)=O)CC1C. The van der Waals surface area contributed by atoms with E-state index in [0.717, 1.165) is 12.8 Å². The first-order valence-electron chi connectivity index (χ1n) is 6.65. The third kappa shape index (κ3) is 4.20. The summed E-state index contributed by atoms with van der Waals surface area (Å²) in [5, 5.41) is 10.2. The van der Waals surface area contributed by atoms with Gasteiger partial charge in [-0.05, 0) is 36.5 Å². The Labute approximate surface area is 117 Å². The second-order valence-corrected chi connectivity index (χ2v) is 8.36. The van der Waals surface area contributed by atoms with Crippen molar-refractivity contribution >= 4 is 10.0 Å². The number of terminal acetylenes is 1. The van der Waals surface area contributed by atoms with Gasteiger partial charge in [0.15, 0.2) is 0 Å². The van der Waals surface area contributed by atoms with Crippen LogP contribution in [0, 0.1) is 29.6 Å². The highest BCUT2D eigenvalue weighted by atomic mass is 32.2. The van der Waals surface area contributed by atoms with Gasteiger partial charge in [0.1, 0.15) is 5.60 Å². The molecular formula is C14H25NO3S. The van der Waals surface area contributed by atoms with E-state index < -0.39 is 15.6 Å². The molecule has 1 aliphatic carbocycles. The Morgan fingerprint density at radius 1 is 1.53 bits per heavy atom. The van der Waals surface area contributed by atoms with Crippen LogP contribution in [-0.4, -0.2) is 31.9 Å². The van der Waals surface area contributed by atoms with Gasteiger partial charge in [0.2, 0.25) is 10.0 Å². The molecule has 0 aromatic heterocycles. The van der Waals surface area contributed by atoms with E-state index in [4.69, 9.17) is 6.42 Å². The van der Waals surface area contributed by atoms with Gasteiger partial charge in [-0.1, -0.05) is 26.7 Å². The van der Waals surface area contributed by atoms with E-state index in [1.165, 1.54) is 6.26 Å². The van der Waals surface area contributed by atoms with Crippen LogP contribution in [0.1, 0.15) is 40.0 Å². The fraction of sp³-hybridized carbons (Fsp3) is 0.857. The number of sulfonamides is 1. The summed E-state index contributed by atoms with van der Waals surface area (Å²) in [5.74, 6) is 2.89. The van der Waals surface area contributed by atoms with Crippen LogP contribution < -0.4 is 4.72 Å². The molecule has 2 N–H and O–H groups in total. The van der Waals surface area contributed by atoms with Crippen molar-refractivity contribution in [3.05, 3.63) is 0 Å². The molecule has 0 amide bonds. The molecule has 19 heavy (non-hydrogen) atoms. The van der Waals surface area contributed by atoms with Crippen LogP contribution in [-0.2, 0) is 10.0 Å². The minimum atomic E-state index is -3.17. The van der Waals surface area contributed by atoms with Crippen LogP contribution in [0.15, 0.2) is 0 Å². The first-order valence-corrected chi connectivity index (χ1v) is 8.54. The van der Waals surface area contributed by atoms with Gasteiger partial charge in [-0.25, -0.2) is 13.1 Å². The van der Waals surface area contributed by atoms with Gasteiger partial charge in [0.25, 0.3) is 0 Å². The van der Waals surface area contributed by atoms with E-state index in [1.807, 2.05) is 6.92 Å². The largest absolute Gasteiger partial charge is 0.377 e. The summed E-state index contributed by atoms with van der Waals surface area (Å²) in [4.78, 5) is 0. The van der Waals surface area contributed by atoms with Crippen molar-refractivity contribution in [1.82, 2.24) is 4.72 Å². The number of aliphatic hydroxyl groups is 1. The number of hydrogen-bond donors (Lipinski definition) is 2. The highest BCUT2D eigenvalue weighted by molar-refractivity contribution is 7.88. The van der Waals surface area contributed by atoms with Crippen molar-refractivity contribution in [3.8, 4) is 12.3 Å². The molecule has 0 aliphatic heterocycles. The second-order valence-electron chi connectivity index (χ2n) is 6.52. The van der Waals surface area contributed by atoms with E-state index in [0.29, 0.717) is 18.9 Å². The minimum Gasteiger partial charge on any atom is -0.377 e. The van der Waals surface area contributed by atoms with Crippen molar-refractivity contribution < 1.29 is 13.5 Å². The molecule has 4 nitrogen and oxygen atoms in total. The number of nitrogens with one attached hydrogen (secondary N) is 1. The lowest BCUT2D eigenvalue weighted by Crippen LogP contribution is -2.46. The van der Waals surface area contributed by atoms with Gasteiger partial charge in [-0.2, -0.15) is 0 Å². The topological polar surface area (TPSA) is 66.4 Å². The zero-order chi connectivity index (χ0) is 14.9. The molecule has 1 rings (SSSR count). The third-order valence-electron chi connectivity index (χ3n) is 4.47. The summed E-state index contributed by atoms with van der Waals surface area (Å²) in [5.41, 5.74) is -1.15. The van der Waals surface area contributed by atoms with Gasteiger partial charge >= 0.3 is 0 Å². The van der Waals surface area contributed by atoms with Crippen LogP contribution in [0.4, 0.5) is 0 Å². The minimum absolute atomic E-state index is 0.0359. The van der Waals surface area contributed by atoms with Crippen LogP contribution in [0.2, 0.25) is 0 Å². The standard InChI is InChI=1S/C14H25NO3S/c1-6-14(16)8-7-12(9-11(14)2)13(3,4)10-15-19(5,17)18/h1,11-12,15-16H,7-10H2,2-5H3. The first-order chi connectivity index (χ1) is 8.50. The number of rotatable bonds is 4. The average Bonchev–Trinajstić information content (AvgIpc) is 2.29. The van der Waals surface area contributed by atoms with Gasteiger partial charge in [-0.3, -0.25) is 0 Å². The fourth-order valence-corrected chi connectivity index (χ4v) is 3.40. The van der Waals surface area contributed by atoms with E-state index in [-0.39, 0.29) is 11.3 Å². The van der Waals surface area contributed by atoms with Gasteiger partial charge in [0.05, 0.1) is 6.26 Å². The molecule has 0 heterocycles. The summed E-state index contributed by atoms with van der Waals surface area (Å²) in [7, 11) is -3.17. The summed E-state index contributed by atoms with van der Waals surface area (Å²) < 4.78 is 25.0. The molecule has 0 radical (unpaired) electrons. The summed E-state index contributed by atoms with van der Waals surface area (Å²) in [6.07, 6.45) is 8.80.